The summed E-state index contributed by atoms with van der Waals surface area (Å²) in [6, 6.07) is 11.5. The van der Waals surface area contributed by atoms with E-state index in [4.69, 9.17) is 0 Å². The zero-order valence-corrected chi connectivity index (χ0v) is 15.0. The summed E-state index contributed by atoms with van der Waals surface area (Å²) in [5, 5.41) is 0.0580. The van der Waals surface area contributed by atoms with Gasteiger partial charge in [0.2, 0.25) is 5.91 Å². The maximum atomic E-state index is 12.3. The van der Waals surface area contributed by atoms with Crippen LogP contribution in [0.5, 0.6) is 0 Å². The first kappa shape index (κ1) is 17.4. The SMILES string of the molecule is CS[C@H](C)C(=O)N(C)[C@H]1CCN(Cc2ccccc2)[C@H](C)C1. The van der Waals surface area contributed by atoms with Crippen molar-refractivity contribution in [2.45, 2.75) is 50.6 Å². The molecule has 0 aliphatic carbocycles. The first-order valence-electron chi connectivity index (χ1n) is 8.10. The first-order valence-corrected chi connectivity index (χ1v) is 9.39. The van der Waals surface area contributed by atoms with Crippen LogP contribution in [-0.4, -0.2) is 52.9 Å². The van der Waals surface area contributed by atoms with Crippen molar-refractivity contribution in [1.29, 1.82) is 0 Å². The number of carbonyl (C=O) groups excluding carboxylic acids is 1. The molecular weight excluding hydrogens is 292 g/mol. The predicted molar refractivity (Wildman–Crippen MR) is 95.1 cm³/mol. The van der Waals surface area contributed by atoms with Gasteiger partial charge in [-0.1, -0.05) is 30.3 Å². The zero-order valence-electron chi connectivity index (χ0n) is 14.2. The Morgan fingerprint density at radius 2 is 2.09 bits per heavy atom. The minimum Gasteiger partial charge on any atom is -0.342 e. The average molecular weight is 321 g/mol. The second-order valence-corrected chi connectivity index (χ2v) is 7.49. The van der Waals surface area contributed by atoms with E-state index in [0.717, 1.165) is 25.9 Å². The number of nitrogens with zero attached hydrogens (tertiary/aromatic N) is 2. The van der Waals surface area contributed by atoms with E-state index >= 15 is 0 Å². The van der Waals surface area contributed by atoms with Crippen molar-refractivity contribution >= 4 is 17.7 Å². The fourth-order valence-electron chi connectivity index (χ4n) is 3.17. The number of hydrogen-bond donors (Lipinski definition) is 0. The summed E-state index contributed by atoms with van der Waals surface area (Å²) in [6.45, 7) is 6.35. The van der Waals surface area contributed by atoms with Crippen molar-refractivity contribution < 1.29 is 4.79 Å². The molecule has 1 aromatic carbocycles. The van der Waals surface area contributed by atoms with Gasteiger partial charge in [-0.3, -0.25) is 9.69 Å². The average Bonchev–Trinajstić information content (AvgIpc) is 2.55. The second kappa shape index (κ2) is 8.02. The summed E-state index contributed by atoms with van der Waals surface area (Å²) in [5.74, 6) is 0.265. The lowest BCUT2D eigenvalue weighted by Crippen LogP contribution is -2.50. The molecule has 1 fully saturated rings. The largest absolute Gasteiger partial charge is 0.342 e. The number of rotatable bonds is 5. The zero-order chi connectivity index (χ0) is 16.1. The molecule has 0 radical (unpaired) electrons. The van der Waals surface area contributed by atoms with Crippen LogP contribution in [0.4, 0.5) is 0 Å². The number of piperidine rings is 1. The molecule has 122 valence electrons. The van der Waals surface area contributed by atoms with Crippen molar-refractivity contribution in [1.82, 2.24) is 9.80 Å². The van der Waals surface area contributed by atoms with Gasteiger partial charge in [0.05, 0.1) is 5.25 Å². The molecule has 2 rings (SSSR count). The summed E-state index contributed by atoms with van der Waals surface area (Å²) >= 11 is 1.63. The van der Waals surface area contributed by atoms with Crippen molar-refractivity contribution in [3.8, 4) is 0 Å². The van der Waals surface area contributed by atoms with E-state index in [1.807, 2.05) is 25.1 Å². The van der Waals surface area contributed by atoms with Crippen LogP contribution in [0.3, 0.4) is 0 Å². The molecule has 1 amide bonds. The van der Waals surface area contributed by atoms with E-state index in [9.17, 15) is 4.79 Å². The number of hydrogen-bond acceptors (Lipinski definition) is 3. The summed E-state index contributed by atoms with van der Waals surface area (Å²) < 4.78 is 0. The molecule has 4 heteroatoms. The van der Waals surface area contributed by atoms with E-state index in [-0.39, 0.29) is 11.2 Å². The van der Waals surface area contributed by atoms with E-state index in [1.54, 1.807) is 11.8 Å². The van der Waals surface area contributed by atoms with Crippen molar-refractivity contribution in [3.05, 3.63) is 35.9 Å². The molecule has 3 nitrogen and oxygen atoms in total. The molecular formula is C18H28N2OS. The highest BCUT2D eigenvalue weighted by atomic mass is 32.2. The van der Waals surface area contributed by atoms with Crippen LogP contribution in [0.1, 0.15) is 32.3 Å². The van der Waals surface area contributed by atoms with Crippen molar-refractivity contribution in [3.63, 3.8) is 0 Å². The van der Waals surface area contributed by atoms with Gasteiger partial charge in [-0.15, -0.1) is 0 Å². The highest BCUT2D eigenvalue weighted by molar-refractivity contribution is 7.99. The summed E-state index contributed by atoms with van der Waals surface area (Å²) in [6.07, 6.45) is 4.14. The van der Waals surface area contributed by atoms with Crippen LogP contribution in [-0.2, 0) is 11.3 Å². The summed E-state index contributed by atoms with van der Waals surface area (Å²) in [5.41, 5.74) is 1.37. The number of likely N-dealkylation sites (tertiary alicyclic amines) is 1. The molecule has 22 heavy (non-hydrogen) atoms. The van der Waals surface area contributed by atoms with Crippen LogP contribution in [0.2, 0.25) is 0 Å². The fraction of sp³-hybridized carbons (Fsp3) is 0.611. The van der Waals surface area contributed by atoms with Crippen LogP contribution >= 0.6 is 11.8 Å². The Labute approximate surface area is 139 Å². The molecule has 0 saturated carbocycles. The molecule has 0 bridgehead atoms. The molecule has 3 atom stereocenters. The van der Waals surface area contributed by atoms with Gasteiger partial charge < -0.3 is 4.90 Å². The van der Waals surface area contributed by atoms with Crippen LogP contribution in [0.25, 0.3) is 0 Å². The van der Waals surface area contributed by atoms with Gasteiger partial charge in [0.1, 0.15) is 0 Å². The van der Waals surface area contributed by atoms with Gasteiger partial charge in [-0.05, 0) is 38.5 Å². The molecule has 0 unspecified atom stereocenters. The molecule has 1 heterocycles. The van der Waals surface area contributed by atoms with Gasteiger partial charge >= 0.3 is 0 Å². The number of thioether (sulfide) groups is 1. The Morgan fingerprint density at radius 3 is 2.68 bits per heavy atom. The lowest BCUT2D eigenvalue weighted by molar-refractivity contribution is -0.132. The summed E-state index contributed by atoms with van der Waals surface area (Å²) in [7, 11) is 1.97. The van der Waals surface area contributed by atoms with Gasteiger partial charge in [0, 0.05) is 32.2 Å². The Bertz CT molecular complexity index is 479. The molecule has 1 aliphatic heterocycles. The third kappa shape index (κ3) is 4.26. The lowest BCUT2D eigenvalue weighted by atomic mass is 9.96. The summed E-state index contributed by atoms with van der Waals surface area (Å²) in [4.78, 5) is 16.9. The molecule has 0 aromatic heterocycles. The quantitative estimate of drug-likeness (QED) is 0.832. The third-order valence-electron chi connectivity index (χ3n) is 4.81. The number of carbonyl (C=O) groups is 1. The minimum absolute atomic E-state index is 0.0580. The molecule has 1 saturated heterocycles. The maximum Gasteiger partial charge on any atom is 0.235 e. The van der Waals surface area contributed by atoms with Crippen LogP contribution in [0.15, 0.2) is 30.3 Å². The monoisotopic (exact) mass is 320 g/mol. The number of amides is 1. The Kier molecular flexibility index (Phi) is 6.33. The molecule has 0 spiro atoms. The normalized spacial score (nSPS) is 24.0. The van der Waals surface area contributed by atoms with Gasteiger partial charge in [0.25, 0.3) is 0 Å². The Balaban J connectivity index is 1.91. The lowest BCUT2D eigenvalue weighted by Gasteiger charge is -2.41. The highest BCUT2D eigenvalue weighted by Gasteiger charge is 2.31. The maximum absolute atomic E-state index is 12.3. The van der Waals surface area contributed by atoms with Crippen LogP contribution in [0, 0.1) is 0 Å². The van der Waals surface area contributed by atoms with Crippen molar-refractivity contribution in [2.24, 2.45) is 0 Å². The molecule has 0 N–H and O–H groups in total. The Morgan fingerprint density at radius 1 is 1.41 bits per heavy atom. The third-order valence-corrected chi connectivity index (χ3v) is 5.72. The van der Waals surface area contributed by atoms with Gasteiger partial charge in [0.15, 0.2) is 0 Å². The topological polar surface area (TPSA) is 23.6 Å². The van der Waals surface area contributed by atoms with E-state index in [1.165, 1.54) is 5.56 Å². The first-order chi connectivity index (χ1) is 10.5. The standard InChI is InChI=1S/C18H28N2OS/c1-14-12-17(19(3)18(21)15(2)22-4)10-11-20(14)13-16-8-6-5-7-9-16/h5-9,14-15,17H,10-13H2,1-4H3/t14-,15-,17+/m1/s1. The second-order valence-electron chi connectivity index (χ2n) is 6.31. The fourth-order valence-corrected chi connectivity index (χ4v) is 3.54. The number of benzene rings is 1. The van der Waals surface area contributed by atoms with E-state index in [0.29, 0.717) is 12.1 Å². The molecule has 1 aromatic rings. The van der Waals surface area contributed by atoms with Gasteiger partial charge in [-0.2, -0.15) is 11.8 Å². The van der Waals surface area contributed by atoms with Gasteiger partial charge in [-0.25, -0.2) is 0 Å². The predicted octanol–water partition coefficient (Wildman–Crippen LogP) is 3.25. The van der Waals surface area contributed by atoms with Crippen molar-refractivity contribution in [2.75, 3.05) is 19.8 Å². The van der Waals surface area contributed by atoms with E-state index in [2.05, 4.69) is 42.2 Å². The smallest absolute Gasteiger partial charge is 0.235 e. The molecule has 1 aliphatic rings. The van der Waals surface area contributed by atoms with E-state index < -0.39 is 0 Å². The minimum atomic E-state index is 0.0580. The Hall–Kier alpha value is -1.00. The van der Waals surface area contributed by atoms with Crippen LogP contribution < -0.4 is 0 Å². The highest BCUT2D eigenvalue weighted by Crippen LogP contribution is 2.24.